The summed E-state index contributed by atoms with van der Waals surface area (Å²) < 4.78 is 5.82. The molecule has 2 rings (SSSR count). The number of para-hydroxylation sites is 2. The van der Waals surface area contributed by atoms with Crippen molar-refractivity contribution >= 4 is 11.6 Å². The first kappa shape index (κ1) is 11.9. The summed E-state index contributed by atoms with van der Waals surface area (Å²) in [6.45, 7) is 3.91. The Kier molecular flexibility index (Phi) is 2.83. The molecule has 1 N–H and O–H groups in total. The van der Waals surface area contributed by atoms with Crippen LogP contribution in [0.25, 0.3) is 0 Å². The van der Waals surface area contributed by atoms with Crippen LogP contribution in [0.2, 0.25) is 0 Å². The second-order valence-corrected chi connectivity index (χ2v) is 4.83. The number of hydrogen-bond acceptors (Lipinski definition) is 3. The van der Waals surface area contributed by atoms with Crippen LogP contribution in [0, 0.1) is 0 Å². The van der Waals surface area contributed by atoms with E-state index < -0.39 is 11.6 Å². The Labute approximate surface area is 102 Å². The zero-order valence-corrected chi connectivity index (χ0v) is 10.7. The van der Waals surface area contributed by atoms with E-state index in [-0.39, 0.29) is 5.91 Å². The summed E-state index contributed by atoms with van der Waals surface area (Å²) in [6, 6.07) is 7.58. The first-order valence-corrected chi connectivity index (χ1v) is 5.69. The summed E-state index contributed by atoms with van der Waals surface area (Å²) in [6.07, 6.45) is -0.507. The molecule has 0 saturated carbocycles. The molecule has 4 nitrogen and oxygen atoms in total. The molecule has 0 aromatic heterocycles. The number of ether oxygens (including phenoxy) is 1. The van der Waals surface area contributed by atoms with E-state index in [2.05, 4.69) is 5.32 Å². The number of benzene rings is 1. The highest BCUT2D eigenvalue weighted by Gasteiger charge is 2.41. The Balaban J connectivity index is 2.41. The summed E-state index contributed by atoms with van der Waals surface area (Å²) in [4.78, 5) is 13.9. The Morgan fingerprint density at radius 3 is 2.65 bits per heavy atom. The van der Waals surface area contributed by atoms with Crippen molar-refractivity contribution < 1.29 is 9.53 Å². The molecule has 17 heavy (non-hydrogen) atoms. The molecule has 0 bridgehead atoms. The Morgan fingerprint density at radius 1 is 1.35 bits per heavy atom. The molecule has 0 saturated heterocycles. The maximum atomic E-state index is 12.3. The van der Waals surface area contributed by atoms with Crippen molar-refractivity contribution in [3.63, 3.8) is 0 Å². The number of fused-ring (bicyclic) bond motifs is 1. The first-order valence-electron chi connectivity index (χ1n) is 5.69. The smallest absolute Gasteiger partial charge is 0.269 e. The fraction of sp³-hybridized carbons (Fsp3) is 0.462. The minimum atomic E-state index is -0.507. The molecule has 0 spiro atoms. The third kappa shape index (κ3) is 1.89. The van der Waals surface area contributed by atoms with Gasteiger partial charge in [0.1, 0.15) is 5.75 Å². The van der Waals surface area contributed by atoms with Crippen LogP contribution in [-0.4, -0.2) is 31.6 Å². The van der Waals surface area contributed by atoms with Gasteiger partial charge < -0.3 is 15.0 Å². The predicted molar refractivity (Wildman–Crippen MR) is 67.4 cm³/mol. The van der Waals surface area contributed by atoms with Crippen molar-refractivity contribution in [3.8, 4) is 5.75 Å². The van der Waals surface area contributed by atoms with Crippen molar-refractivity contribution in [2.24, 2.45) is 0 Å². The number of nitrogens with zero attached hydrogens (tertiary/aromatic N) is 1. The third-order valence-electron chi connectivity index (χ3n) is 3.33. The van der Waals surface area contributed by atoms with Gasteiger partial charge in [0.05, 0.1) is 11.2 Å². The fourth-order valence-corrected chi connectivity index (χ4v) is 1.89. The van der Waals surface area contributed by atoms with Crippen molar-refractivity contribution in [3.05, 3.63) is 24.3 Å². The van der Waals surface area contributed by atoms with Gasteiger partial charge in [-0.3, -0.25) is 4.79 Å². The van der Waals surface area contributed by atoms with Gasteiger partial charge in [0.2, 0.25) is 0 Å². The topological polar surface area (TPSA) is 41.6 Å². The molecule has 4 heteroatoms. The number of likely N-dealkylation sites (N-methyl/N-ethyl adjacent to an activating group) is 2. The van der Waals surface area contributed by atoms with E-state index in [1.807, 2.05) is 45.2 Å². The van der Waals surface area contributed by atoms with Crippen LogP contribution in [0.4, 0.5) is 5.69 Å². The molecule has 0 fully saturated rings. The molecule has 1 atom stereocenters. The normalized spacial score (nSPS) is 19.9. The number of rotatable bonds is 2. The van der Waals surface area contributed by atoms with Crippen LogP contribution in [-0.2, 0) is 4.79 Å². The van der Waals surface area contributed by atoms with Crippen LogP contribution in [0.3, 0.4) is 0 Å². The molecule has 0 radical (unpaired) electrons. The number of nitrogens with one attached hydrogen (secondary N) is 1. The van der Waals surface area contributed by atoms with Crippen molar-refractivity contribution in [1.82, 2.24) is 5.32 Å². The average molecular weight is 234 g/mol. The Morgan fingerprint density at radius 2 is 2.00 bits per heavy atom. The maximum absolute atomic E-state index is 12.3. The lowest BCUT2D eigenvalue weighted by molar-refractivity contribution is -0.129. The molecule has 1 amide bonds. The minimum Gasteiger partial charge on any atom is -0.476 e. The van der Waals surface area contributed by atoms with Crippen molar-refractivity contribution in [1.29, 1.82) is 0 Å². The highest BCUT2D eigenvalue weighted by Crippen LogP contribution is 2.35. The van der Waals surface area contributed by atoms with E-state index in [1.165, 1.54) is 0 Å². The second kappa shape index (κ2) is 4.04. The molecular weight excluding hydrogens is 216 g/mol. The van der Waals surface area contributed by atoms with Crippen LogP contribution in [0.15, 0.2) is 24.3 Å². The lowest BCUT2D eigenvalue weighted by Gasteiger charge is -2.39. The number of carbonyl (C=O) groups excluding carboxylic acids is 1. The molecule has 0 aliphatic carbocycles. The number of carbonyl (C=O) groups is 1. The SMILES string of the molecule is CNC(C)(C)C1Oc2ccccc2N(C)C1=O. The zero-order chi connectivity index (χ0) is 12.6. The van der Waals surface area contributed by atoms with E-state index in [9.17, 15) is 4.79 Å². The van der Waals surface area contributed by atoms with E-state index in [4.69, 9.17) is 4.74 Å². The zero-order valence-electron chi connectivity index (χ0n) is 10.7. The van der Waals surface area contributed by atoms with Gasteiger partial charge in [0.15, 0.2) is 6.10 Å². The molecule has 1 aromatic rings. The van der Waals surface area contributed by atoms with Gasteiger partial charge in [0, 0.05) is 7.05 Å². The lowest BCUT2D eigenvalue weighted by atomic mass is 9.95. The summed E-state index contributed by atoms with van der Waals surface area (Å²) >= 11 is 0. The molecule has 92 valence electrons. The Hall–Kier alpha value is -1.55. The maximum Gasteiger partial charge on any atom is 0.269 e. The Bertz CT molecular complexity index is 443. The van der Waals surface area contributed by atoms with Gasteiger partial charge in [-0.1, -0.05) is 12.1 Å². The summed E-state index contributed by atoms with van der Waals surface area (Å²) in [5.74, 6) is 0.728. The molecule has 1 aromatic carbocycles. The number of amides is 1. The van der Waals surface area contributed by atoms with E-state index in [0.29, 0.717) is 0 Å². The molecule has 1 heterocycles. The van der Waals surface area contributed by atoms with Crippen LogP contribution < -0.4 is 15.0 Å². The molecular formula is C13H18N2O2. The summed E-state index contributed by atoms with van der Waals surface area (Å²) in [5, 5.41) is 3.12. The van der Waals surface area contributed by atoms with Crippen LogP contribution in [0.1, 0.15) is 13.8 Å². The van der Waals surface area contributed by atoms with Gasteiger partial charge in [-0.05, 0) is 33.0 Å². The van der Waals surface area contributed by atoms with E-state index in [1.54, 1.807) is 11.9 Å². The van der Waals surface area contributed by atoms with Crippen molar-refractivity contribution in [2.45, 2.75) is 25.5 Å². The standard InChI is InChI=1S/C13H18N2O2/c1-13(2,14-3)11-12(16)15(4)9-7-5-6-8-10(9)17-11/h5-8,11,14H,1-4H3. The average Bonchev–Trinajstić information content (AvgIpc) is 2.33. The summed E-state index contributed by atoms with van der Waals surface area (Å²) in [7, 11) is 3.61. The van der Waals surface area contributed by atoms with Gasteiger partial charge in [-0.15, -0.1) is 0 Å². The van der Waals surface area contributed by atoms with Crippen molar-refractivity contribution in [2.75, 3.05) is 19.0 Å². The molecule has 1 unspecified atom stereocenters. The first-order chi connectivity index (χ1) is 7.97. The highest BCUT2D eigenvalue weighted by atomic mass is 16.5. The van der Waals surface area contributed by atoms with Gasteiger partial charge in [-0.25, -0.2) is 0 Å². The monoisotopic (exact) mass is 234 g/mol. The molecule has 1 aliphatic heterocycles. The fourth-order valence-electron chi connectivity index (χ4n) is 1.89. The second-order valence-electron chi connectivity index (χ2n) is 4.83. The van der Waals surface area contributed by atoms with E-state index in [0.717, 1.165) is 11.4 Å². The summed E-state index contributed by atoms with van der Waals surface area (Å²) in [5.41, 5.74) is 0.416. The van der Waals surface area contributed by atoms with Gasteiger partial charge in [-0.2, -0.15) is 0 Å². The number of hydrogen-bond donors (Lipinski definition) is 1. The van der Waals surface area contributed by atoms with Crippen LogP contribution in [0.5, 0.6) is 5.75 Å². The number of anilines is 1. The van der Waals surface area contributed by atoms with E-state index >= 15 is 0 Å². The third-order valence-corrected chi connectivity index (χ3v) is 3.33. The minimum absolute atomic E-state index is 0.0250. The largest absolute Gasteiger partial charge is 0.476 e. The highest BCUT2D eigenvalue weighted by molar-refractivity contribution is 6.00. The van der Waals surface area contributed by atoms with Crippen LogP contribution >= 0.6 is 0 Å². The molecule has 1 aliphatic rings. The quantitative estimate of drug-likeness (QED) is 0.841. The predicted octanol–water partition coefficient (Wildman–Crippen LogP) is 1.41. The van der Waals surface area contributed by atoms with Gasteiger partial charge >= 0.3 is 0 Å². The lowest BCUT2D eigenvalue weighted by Crippen LogP contribution is -2.59. The van der Waals surface area contributed by atoms with Gasteiger partial charge in [0.25, 0.3) is 5.91 Å².